The lowest BCUT2D eigenvalue weighted by atomic mass is 9.97. The number of carboxylic acids is 1. The Morgan fingerprint density at radius 2 is 1.86 bits per heavy atom. The van der Waals surface area contributed by atoms with Crippen LogP contribution in [0.2, 0.25) is 0 Å². The summed E-state index contributed by atoms with van der Waals surface area (Å²) in [5, 5.41) is 28.6. The first-order chi connectivity index (χ1) is 13.3. The number of halogens is 2. The van der Waals surface area contributed by atoms with Crippen molar-refractivity contribution < 1.29 is 28.6 Å². The zero-order valence-corrected chi connectivity index (χ0v) is 14.2. The van der Waals surface area contributed by atoms with Crippen LogP contribution in [0.4, 0.5) is 8.78 Å². The van der Waals surface area contributed by atoms with E-state index in [-0.39, 0.29) is 27.6 Å². The Morgan fingerprint density at radius 3 is 2.54 bits per heavy atom. The van der Waals surface area contributed by atoms with Gasteiger partial charge in [-0.05, 0) is 18.2 Å². The van der Waals surface area contributed by atoms with E-state index >= 15 is 0 Å². The average Bonchev–Trinajstić information content (AvgIpc) is 2.67. The van der Waals surface area contributed by atoms with E-state index in [0.717, 1.165) is 18.2 Å². The van der Waals surface area contributed by atoms with Crippen LogP contribution < -0.4 is 0 Å². The lowest BCUT2D eigenvalue weighted by Crippen LogP contribution is -2.08. The molecule has 0 saturated carbocycles. The van der Waals surface area contributed by atoms with Gasteiger partial charge in [0, 0.05) is 22.9 Å². The normalized spacial score (nSPS) is 10.6. The van der Waals surface area contributed by atoms with Gasteiger partial charge in [0.2, 0.25) is 0 Å². The van der Waals surface area contributed by atoms with Crippen LogP contribution in [0.5, 0.6) is 5.75 Å². The van der Waals surface area contributed by atoms with Crippen molar-refractivity contribution in [3.05, 3.63) is 59.3 Å². The number of pyridine rings is 1. The Bertz CT molecular complexity index is 1170. The lowest BCUT2D eigenvalue weighted by molar-refractivity contribution is -0.136. The van der Waals surface area contributed by atoms with Gasteiger partial charge in [0.05, 0.1) is 11.9 Å². The molecule has 1 heterocycles. The molecular formula is C20H12F2N2O4. The zero-order valence-electron chi connectivity index (χ0n) is 14.2. The van der Waals surface area contributed by atoms with Crippen molar-refractivity contribution in [2.75, 3.05) is 0 Å². The van der Waals surface area contributed by atoms with E-state index in [1.54, 1.807) is 6.07 Å². The van der Waals surface area contributed by atoms with Crippen LogP contribution in [0.3, 0.4) is 0 Å². The maximum absolute atomic E-state index is 14.3. The van der Waals surface area contributed by atoms with Crippen LogP contribution in [0.1, 0.15) is 28.9 Å². The van der Waals surface area contributed by atoms with Crippen LogP contribution in [0.15, 0.2) is 36.4 Å². The first-order valence-corrected chi connectivity index (χ1v) is 8.09. The highest BCUT2D eigenvalue weighted by molar-refractivity contribution is 6.05. The molecule has 0 amide bonds. The van der Waals surface area contributed by atoms with Gasteiger partial charge in [-0.2, -0.15) is 5.26 Å². The molecule has 0 aliphatic heterocycles. The number of hydrogen-bond acceptors (Lipinski definition) is 5. The number of para-hydroxylation sites is 1. The third-order valence-electron chi connectivity index (χ3n) is 4.15. The van der Waals surface area contributed by atoms with Gasteiger partial charge in [-0.3, -0.25) is 9.59 Å². The highest BCUT2D eigenvalue weighted by Crippen LogP contribution is 2.35. The molecule has 3 aromatic rings. The quantitative estimate of drug-likeness (QED) is 0.649. The summed E-state index contributed by atoms with van der Waals surface area (Å²) < 4.78 is 27.9. The maximum atomic E-state index is 14.3. The second kappa shape index (κ2) is 7.40. The maximum Gasteiger partial charge on any atom is 0.303 e. The van der Waals surface area contributed by atoms with Crippen molar-refractivity contribution >= 4 is 22.7 Å². The summed E-state index contributed by atoms with van der Waals surface area (Å²) in [6.07, 6.45) is -0.928. The molecule has 0 atom stereocenters. The van der Waals surface area contributed by atoms with Gasteiger partial charge >= 0.3 is 5.97 Å². The Morgan fingerprint density at radius 1 is 1.11 bits per heavy atom. The predicted octanol–water partition coefficient (Wildman–Crippen LogP) is 3.80. The molecule has 0 aliphatic rings. The van der Waals surface area contributed by atoms with Crippen LogP contribution in [-0.2, 0) is 4.79 Å². The number of nitriles is 1. The van der Waals surface area contributed by atoms with E-state index in [0.29, 0.717) is 0 Å². The molecule has 0 bridgehead atoms. The summed E-state index contributed by atoms with van der Waals surface area (Å²) in [5.41, 5.74) is -0.744. The number of rotatable bonds is 5. The fourth-order valence-electron chi connectivity index (χ4n) is 2.84. The zero-order chi connectivity index (χ0) is 20.4. The van der Waals surface area contributed by atoms with E-state index in [9.17, 15) is 28.7 Å². The van der Waals surface area contributed by atoms with Gasteiger partial charge in [0.1, 0.15) is 29.0 Å². The smallest absolute Gasteiger partial charge is 0.303 e. The second-order valence-electron chi connectivity index (χ2n) is 5.94. The molecule has 0 unspecified atom stereocenters. The Kier molecular flexibility index (Phi) is 5.00. The van der Waals surface area contributed by atoms with Gasteiger partial charge in [0.25, 0.3) is 0 Å². The Hall–Kier alpha value is -3.86. The molecule has 0 aliphatic carbocycles. The van der Waals surface area contributed by atoms with Crippen molar-refractivity contribution in [2.24, 2.45) is 0 Å². The van der Waals surface area contributed by atoms with E-state index in [1.165, 1.54) is 18.2 Å². The number of fused-ring (bicyclic) bond motifs is 1. The van der Waals surface area contributed by atoms with Crippen molar-refractivity contribution in [1.82, 2.24) is 4.98 Å². The molecule has 2 N–H and O–H groups in total. The minimum Gasteiger partial charge on any atom is -0.504 e. The standard InChI is InChI=1S/C20H12F2N2O4/c21-10-4-5-15(22)13(8-10)11-2-1-3-12-14(9-23)20(28)19(24-18(11)12)16(25)6-7-17(26)27/h1-5,8,28H,6-7H2,(H,26,27). The fourth-order valence-corrected chi connectivity index (χ4v) is 2.84. The number of hydrogen-bond donors (Lipinski definition) is 2. The van der Waals surface area contributed by atoms with Crippen molar-refractivity contribution in [2.45, 2.75) is 12.8 Å². The van der Waals surface area contributed by atoms with Gasteiger partial charge in [0.15, 0.2) is 11.5 Å². The summed E-state index contributed by atoms with van der Waals surface area (Å²) in [6.45, 7) is 0. The first kappa shape index (κ1) is 18.9. The molecule has 28 heavy (non-hydrogen) atoms. The predicted molar refractivity (Wildman–Crippen MR) is 94.7 cm³/mol. The summed E-state index contributed by atoms with van der Waals surface area (Å²) in [5.74, 6) is -4.10. The minimum absolute atomic E-state index is 0.0139. The van der Waals surface area contributed by atoms with Crippen molar-refractivity contribution in [3.63, 3.8) is 0 Å². The van der Waals surface area contributed by atoms with Gasteiger partial charge in [-0.1, -0.05) is 18.2 Å². The number of carboxylic acid groups (broad SMARTS) is 1. The molecule has 2 aromatic carbocycles. The molecule has 0 spiro atoms. The number of ketones is 1. The summed E-state index contributed by atoms with van der Waals surface area (Å²) >= 11 is 0. The number of aromatic nitrogens is 1. The number of aliphatic carboxylic acids is 1. The van der Waals surface area contributed by atoms with Crippen LogP contribution in [-0.4, -0.2) is 26.9 Å². The van der Waals surface area contributed by atoms with E-state index in [1.807, 2.05) is 0 Å². The van der Waals surface area contributed by atoms with Crippen LogP contribution in [0.25, 0.3) is 22.0 Å². The number of Topliss-reactive ketones (excluding diaryl/α,β-unsaturated/α-hetero) is 1. The lowest BCUT2D eigenvalue weighted by Gasteiger charge is -2.12. The fraction of sp³-hybridized carbons (Fsp3) is 0.100. The third kappa shape index (κ3) is 3.38. The number of benzene rings is 2. The molecule has 8 heteroatoms. The topological polar surface area (TPSA) is 111 Å². The first-order valence-electron chi connectivity index (χ1n) is 8.09. The molecular weight excluding hydrogens is 370 g/mol. The Labute approximate surface area is 157 Å². The number of carbonyl (C=O) groups excluding carboxylic acids is 1. The average molecular weight is 382 g/mol. The third-order valence-corrected chi connectivity index (χ3v) is 4.15. The van der Waals surface area contributed by atoms with Gasteiger partial charge < -0.3 is 10.2 Å². The molecule has 6 nitrogen and oxygen atoms in total. The molecule has 0 saturated heterocycles. The summed E-state index contributed by atoms with van der Waals surface area (Å²) in [7, 11) is 0. The Balaban J connectivity index is 2.30. The van der Waals surface area contributed by atoms with Crippen LogP contribution in [0, 0.1) is 23.0 Å². The van der Waals surface area contributed by atoms with Crippen LogP contribution >= 0.6 is 0 Å². The van der Waals surface area contributed by atoms with Crippen molar-refractivity contribution in [1.29, 1.82) is 5.26 Å². The molecule has 140 valence electrons. The highest BCUT2D eigenvalue weighted by atomic mass is 19.1. The summed E-state index contributed by atoms with van der Waals surface area (Å²) in [4.78, 5) is 27.1. The monoisotopic (exact) mass is 382 g/mol. The molecule has 3 rings (SSSR count). The van der Waals surface area contributed by atoms with E-state index in [2.05, 4.69) is 4.98 Å². The highest BCUT2D eigenvalue weighted by Gasteiger charge is 2.22. The minimum atomic E-state index is -1.21. The SMILES string of the molecule is N#Cc1c(O)c(C(=O)CCC(=O)O)nc2c(-c3cc(F)ccc3F)cccc12. The van der Waals surface area contributed by atoms with Gasteiger partial charge in [-0.15, -0.1) is 0 Å². The van der Waals surface area contributed by atoms with E-state index in [4.69, 9.17) is 5.11 Å². The molecule has 0 fully saturated rings. The second-order valence-corrected chi connectivity index (χ2v) is 5.94. The molecule has 0 radical (unpaired) electrons. The number of aromatic hydroxyl groups is 1. The van der Waals surface area contributed by atoms with E-state index < -0.39 is 47.7 Å². The molecule has 1 aromatic heterocycles. The summed E-state index contributed by atoms with van der Waals surface area (Å²) in [6, 6.07) is 8.99. The number of nitrogens with zero attached hydrogens (tertiary/aromatic N) is 2. The number of carbonyl (C=O) groups is 2. The largest absolute Gasteiger partial charge is 0.504 e. The van der Waals surface area contributed by atoms with Crippen molar-refractivity contribution in [3.8, 4) is 22.9 Å². The van der Waals surface area contributed by atoms with Gasteiger partial charge in [-0.25, -0.2) is 13.8 Å².